The number of hydrogen-bond acceptors (Lipinski definition) is 6. The highest BCUT2D eigenvalue weighted by molar-refractivity contribution is 5.77. The summed E-state index contributed by atoms with van der Waals surface area (Å²) in [4.78, 5) is 11.6. The van der Waals surface area contributed by atoms with Gasteiger partial charge in [-0.25, -0.2) is 0 Å². The van der Waals surface area contributed by atoms with Crippen LogP contribution in [0, 0.1) is 0 Å². The highest BCUT2D eigenvalue weighted by Crippen LogP contribution is 2.28. The third-order valence-electron chi connectivity index (χ3n) is 4.76. The number of methoxy groups -OCH3 is 1. The topological polar surface area (TPSA) is 90.3 Å². The van der Waals surface area contributed by atoms with Gasteiger partial charge in [-0.05, 0) is 37.5 Å². The zero-order chi connectivity index (χ0) is 19.8. The fraction of sp³-hybridized carbons (Fsp3) is 0.550. The van der Waals surface area contributed by atoms with E-state index in [-0.39, 0.29) is 12.5 Å². The molecule has 0 unspecified atom stereocenters. The molecule has 1 aromatic heterocycles. The lowest BCUT2D eigenvalue weighted by molar-refractivity contribution is -0.123. The van der Waals surface area contributed by atoms with E-state index in [4.69, 9.17) is 9.47 Å². The van der Waals surface area contributed by atoms with Crippen molar-refractivity contribution in [2.45, 2.75) is 52.2 Å². The van der Waals surface area contributed by atoms with Crippen LogP contribution in [0.5, 0.6) is 11.5 Å². The smallest absolute Gasteiger partial charge is 0.257 e. The molecule has 2 N–H and O–H groups in total. The third kappa shape index (κ3) is 5.22. The number of benzene rings is 1. The van der Waals surface area contributed by atoms with Crippen molar-refractivity contribution in [3.8, 4) is 11.5 Å². The van der Waals surface area contributed by atoms with Gasteiger partial charge in [-0.15, -0.1) is 10.2 Å². The van der Waals surface area contributed by atoms with E-state index in [1.807, 2.05) is 25.1 Å². The number of nitrogens with one attached hydrogen (secondary N) is 2. The van der Waals surface area contributed by atoms with Crippen LogP contribution < -0.4 is 20.1 Å². The Hall–Kier alpha value is -2.61. The van der Waals surface area contributed by atoms with Crippen LogP contribution in [0.2, 0.25) is 0 Å². The average molecular weight is 387 g/mol. The molecule has 0 atom stereocenters. The molecule has 8 nitrogen and oxygen atoms in total. The van der Waals surface area contributed by atoms with Gasteiger partial charge in [-0.2, -0.15) is 0 Å². The number of fused-ring (bicyclic) bond motifs is 1. The fourth-order valence-corrected chi connectivity index (χ4v) is 3.33. The molecule has 3 rings (SSSR count). The number of aryl methyl sites for hydroxylation is 1. The molecular weight excluding hydrogens is 358 g/mol. The van der Waals surface area contributed by atoms with E-state index in [0.29, 0.717) is 31.1 Å². The lowest BCUT2D eigenvalue weighted by atomic mass is 10.2. The maximum atomic E-state index is 11.6. The SMILES string of the molecule is CCNC(=O)COc1ccc(CNCc2nnc3n2CCCCC3)cc1OC. The minimum atomic E-state index is -0.150. The van der Waals surface area contributed by atoms with Crippen LogP contribution >= 0.6 is 0 Å². The first kappa shape index (κ1) is 20.1. The maximum Gasteiger partial charge on any atom is 0.257 e. The van der Waals surface area contributed by atoms with Gasteiger partial charge in [-0.1, -0.05) is 12.5 Å². The number of carbonyl (C=O) groups excluding carboxylic acids is 1. The Labute approximate surface area is 165 Å². The molecule has 2 aromatic rings. The number of nitrogens with zero attached hydrogens (tertiary/aromatic N) is 3. The lowest BCUT2D eigenvalue weighted by Gasteiger charge is -2.13. The lowest BCUT2D eigenvalue weighted by Crippen LogP contribution is -2.28. The molecule has 1 aliphatic rings. The van der Waals surface area contributed by atoms with Crippen molar-refractivity contribution < 1.29 is 14.3 Å². The monoisotopic (exact) mass is 387 g/mol. The summed E-state index contributed by atoms with van der Waals surface area (Å²) in [6, 6.07) is 5.72. The molecule has 2 heterocycles. The second-order valence-corrected chi connectivity index (χ2v) is 6.83. The van der Waals surface area contributed by atoms with Crippen molar-refractivity contribution in [1.29, 1.82) is 0 Å². The summed E-state index contributed by atoms with van der Waals surface area (Å²) in [5.41, 5.74) is 1.07. The Morgan fingerprint density at radius 3 is 2.89 bits per heavy atom. The van der Waals surface area contributed by atoms with Crippen molar-refractivity contribution >= 4 is 5.91 Å². The molecule has 1 amide bonds. The van der Waals surface area contributed by atoms with Crippen molar-refractivity contribution in [3.05, 3.63) is 35.4 Å². The van der Waals surface area contributed by atoms with Gasteiger partial charge in [0.25, 0.3) is 5.91 Å². The van der Waals surface area contributed by atoms with Gasteiger partial charge < -0.3 is 24.7 Å². The van der Waals surface area contributed by atoms with Crippen molar-refractivity contribution in [2.75, 3.05) is 20.3 Å². The fourth-order valence-electron chi connectivity index (χ4n) is 3.33. The minimum Gasteiger partial charge on any atom is -0.493 e. The Morgan fingerprint density at radius 1 is 1.18 bits per heavy atom. The number of likely N-dealkylation sites (N-methyl/N-ethyl adjacent to an activating group) is 1. The molecule has 1 aliphatic heterocycles. The van der Waals surface area contributed by atoms with Gasteiger partial charge in [0.1, 0.15) is 11.6 Å². The largest absolute Gasteiger partial charge is 0.493 e. The van der Waals surface area contributed by atoms with E-state index in [0.717, 1.165) is 30.2 Å². The first-order valence-corrected chi connectivity index (χ1v) is 9.89. The standard InChI is InChI=1S/C20H29N5O3/c1-3-22-20(26)14-28-16-9-8-15(11-17(16)27-2)12-21-13-19-24-23-18-7-5-4-6-10-25(18)19/h8-9,11,21H,3-7,10,12-14H2,1-2H3,(H,22,26). The van der Waals surface area contributed by atoms with Gasteiger partial charge in [0.05, 0.1) is 13.7 Å². The number of aromatic nitrogens is 3. The average Bonchev–Trinajstić information content (AvgIpc) is 2.93. The van der Waals surface area contributed by atoms with Crippen molar-refractivity contribution in [3.63, 3.8) is 0 Å². The molecule has 28 heavy (non-hydrogen) atoms. The van der Waals surface area contributed by atoms with Crippen molar-refractivity contribution in [2.24, 2.45) is 0 Å². The number of ether oxygens (including phenoxy) is 2. The van der Waals surface area contributed by atoms with Crippen LogP contribution in [0.25, 0.3) is 0 Å². The normalized spacial score (nSPS) is 13.5. The molecule has 8 heteroatoms. The molecule has 152 valence electrons. The van der Waals surface area contributed by atoms with Crippen LogP contribution in [0.1, 0.15) is 43.4 Å². The Bertz CT molecular complexity index is 790. The number of rotatable bonds is 9. The molecule has 0 fully saturated rings. The van der Waals surface area contributed by atoms with Crippen LogP contribution in [0.15, 0.2) is 18.2 Å². The van der Waals surface area contributed by atoms with Crippen molar-refractivity contribution in [1.82, 2.24) is 25.4 Å². The van der Waals surface area contributed by atoms with E-state index in [9.17, 15) is 4.79 Å². The molecule has 0 aliphatic carbocycles. The summed E-state index contributed by atoms with van der Waals surface area (Å²) in [5, 5.41) is 14.8. The molecule has 0 radical (unpaired) electrons. The number of carbonyl (C=O) groups is 1. The van der Waals surface area contributed by atoms with Crippen LogP contribution in [0.3, 0.4) is 0 Å². The van der Waals surface area contributed by atoms with Crippen LogP contribution in [0.4, 0.5) is 0 Å². The van der Waals surface area contributed by atoms with Gasteiger partial charge in [0.2, 0.25) is 0 Å². The highest BCUT2D eigenvalue weighted by atomic mass is 16.5. The third-order valence-corrected chi connectivity index (χ3v) is 4.76. The molecule has 0 saturated heterocycles. The molecular formula is C20H29N5O3. The quantitative estimate of drug-likeness (QED) is 0.682. The Balaban J connectivity index is 1.55. The van der Waals surface area contributed by atoms with E-state index < -0.39 is 0 Å². The summed E-state index contributed by atoms with van der Waals surface area (Å²) < 4.78 is 13.2. The van der Waals surface area contributed by atoms with Crippen LogP contribution in [-0.2, 0) is 30.8 Å². The first-order valence-electron chi connectivity index (χ1n) is 9.89. The van der Waals surface area contributed by atoms with E-state index in [1.54, 1.807) is 7.11 Å². The summed E-state index contributed by atoms with van der Waals surface area (Å²) in [5.74, 6) is 3.11. The zero-order valence-corrected chi connectivity index (χ0v) is 16.7. The van der Waals surface area contributed by atoms with E-state index in [2.05, 4.69) is 25.4 Å². The summed E-state index contributed by atoms with van der Waals surface area (Å²) >= 11 is 0. The molecule has 0 spiro atoms. The highest BCUT2D eigenvalue weighted by Gasteiger charge is 2.14. The minimum absolute atomic E-state index is 0.0280. The van der Waals surface area contributed by atoms with Gasteiger partial charge in [-0.3, -0.25) is 4.79 Å². The Kier molecular flexibility index (Phi) is 7.25. The predicted octanol–water partition coefficient (Wildman–Crippen LogP) is 1.82. The second-order valence-electron chi connectivity index (χ2n) is 6.83. The maximum absolute atomic E-state index is 11.6. The van der Waals surface area contributed by atoms with E-state index >= 15 is 0 Å². The molecule has 0 bridgehead atoms. The number of hydrogen-bond donors (Lipinski definition) is 2. The Morgan fingerprint density at radius 2 is 2.07 bits per heavy atom. The summed E-state index contributed by atoms with van der Waals surface area (Å²) in [7, 11) is 1.59. The number of amides is 1. The molecule has 0 saturated carbocycles. The first-order chi connectivity index (χ1) is 13.7. The summed E-state index contributed by atoms with van der Waals surface area (Å²) in [6.45, 7) is 4.78. The van der Waals surface area contributed by atoms with E-state index in [1.165, 1.54) is 19.3 Å². The zero-order valence-electron chi connectivity index (χ0n) is 16.7. The predicted molar refractivity (Wildman–Crippen MR) is 105 cm³/mol. The molecule has 1 aromatic carbocycles. The van der Waals surface area contributed by atoms with Gasteiger partial charge >= 0.3 is 0 Å². The summed E-state index contributed by atoms with van der Waals surface area (Å²) in [6.07, 6.45) is 4.65. The van der Waals surface area contributed by atoms with Gasteiger partial charge in [0.15, 0.2) is 18.1 Å². The van der Waals surface area contributed by atoms with Gasteiger partial charge in [0, 0.05) is 26.1 Å². The second kappa shape index (κ2) is 10.1. The van der Waals surface area contributed by atoms with Crippen LogP contribution in [-0.4, -0.2) is 40.9 Å².